The van der Waals surface area contributed by atoms with E-state index in [1.807, 2.05) is 0 Å². The minimum atomic E-state index is -4.64. The van der Waals surface area contributed by atoms with Crippen LogP contribution >= 0.6 is 0 Å². The number of benzene rings is 1. The van der Waals surface area contributed by atoms with E-state index < -0.39 is 29.2 Å². The molecule has 0 aliphatic carbocycles. The number of methoxy groups -OCH3 is 1. The van der Waals surface area contributed by atoms with E-state index >= 15 is 0 Å². The zero-order chi connectivity index (χ0) is 17.9. The highest BCUT2D eigenvalue weighted by Gasteiger charge is 2.35. The fourth-order valence-electron chi connectivity index (χ4n) is 1.93. The van der Waals surface area contributed by atoms with Crippen LogP contribution in [0.25, 0.3) is 0 Å². The summed E-state index contributed by atoms with van der Waals surface area (Å²) in [5.41, 5.74) is -1.20. The Kier molecular flexibility index (Phi) is 5.05. The van der Waals surface area contributed by atoms with Crippen LogP contribution in [-0.2, 0) is 6.18 Å². The second kappa shape index (κ2) is 6.85. The van der Waals surface area contributed by atoms with Gasteiger partial charge in [0.15, 0.2) is 11.6 Å². The van der Waals surface area contributed by atoms with Crippen LogP contribution in [0.5, 0.6) is 5.75 Å². The van der Waals surface area contributed by atoms with Crippen LogP contribution in [0.4, 0.5) is 39.4 Å². The van der Waals surface area contributed by atoms with Crippen molar-refractivity contribution in [3.8, 4) is 5.75 Å². The summed E-state index contributed by atoms with van der Waals surface area (Å²) in [7, 11) is 1.17. The SMILES string of the molecule is CCNc1nc(Nc2cc(F)cc(F)c2OC)ncc1C(F)(F)F. The number of nitrogens with one attached hydrogen (secondary N) is 2. The molecule has 0 bridgehead atoms. The van der Waals surface area contributed by atoms with E-state index in [2.05, 4.69) is 20.6 Å². The van der Waals surface area contributed by atoms with Crippen molar-refractivity contribution in [2.45, 2.75) is 13.1 Å². The average molecular weight is 348 g/mol. The molecule has 1 aromatic heterocycles. The molecule has 0 amide bonds. The molecule has 0 saturated carbocycles. The van der Waals surface area contributed by atoms with Crippen molar-refractivity contribution in [1.29, 1.82) is 0 Å². The Morgan fingerprint density at radius 1 is 1.21 bits per heavy atom. The highest BCUT2D eigenvalue weighted by molar-refractivity contribution is 5.64. The Balaban J connectivity index is 2.43. The lowest BCUT2D eigenvalue weighted by atomic mass is 10.2. The van der Waals surface area contributed by atoms with Gasteiger partial charge in [0.1, 0.15) is 17.2 Å². The summed E-state index contributed by atoms with van der Waals surface area (Å²) in [6.45, 7) is 1.79. The van der Waals surface area contributed by atoms with Crippen LogP contribution in [0, 0.1) is 11.6 Å². The first-order valence-electron chi connectivity index (χ1n) is 6.74. The molecule has 0 aliphatic rings. The standard InChI is InChI=1S/C14H13F5N4O/c1-3-20-12-8(14(17,18)19)6-21-13(23-12)22-10-5-7(15)4-9(16)11(10)24-2/h4-6H,3H2,1-2H3,(H2,20,21,22,23). The second-order valence-corrected chi connectivity index (χ2v) is 4.58. The van der Waals surface area contributed by atoms with Gasteiger partial charge in [-0.15, -0.1) is 0 Å². The van der Waals surface area contributed by atoms with Gasteiger partial charge in [0.25, 0.3) is 0 Å². The number of ether oxygens (including phenoxy) is 1. The Morgan fingerprint density at radius 2 is 1.92 bits per heavy atom. The van der Waals surface area contributed by atoms with Gasteiger partial charge in [0, 0.05) is 24.9 Å². The third-order valence-electron chi connectivity index (χ3n) is 2.90. The maximum atomic E-state index is 13.6. The number of hydrogen-bond acceptors (Lipinski definition) is 5. The predicted octanol–water partition coefficient (Wildman–Crippen LogP) is 3.96. The van der Waals surface area contributed by atoms with Gasteiger partial charge in [-0.05, 0) is 6.92 Å². The number of aromatic nitrogens is 2. The van der Waals surface area contributed by atoms with Crippen LogP contribution in [-0.4, -0.2) is 23.6 Å². The molecule has 0 aliphatic heterocycles. The van der Waals surface area contributed by atoms with Gasteiger partial charge in [-0.3, -0.25) is 0 Å². The lowest BCUT2D eigenvalue weighted by molar-refractivity contribution is -0.137. The topological polar surface area (TPSA) is 59.1 Å². The molecule has 5 nitrogen and oxygen atoms in total. The fraction of sp³-hybridized carbons (Fsp3) is 0.286. The van der Waals surface area contributed by atoms with Crippen LogP contribution in [0.2, 0.25) is 0 Å². The normalized spacial score (nSPS) is 11.3. The summed E-state index contributed by atoms with van der Waals surface area (Å²) in [6.07, 6.45) is -4.06. The van der Waals surface area contributed by atoms with Crippen LogP contribution in [0.3, 0.4) is 0 Å². The van der Waals surface area contributed by atoms with E-state index in [9.17, 15) is 22.0 Å². The number of rotatable bonds is 5. The third-order valence-corrected chi connectivity index (χ3v) is 2.90. The van der Waals surface area contributed by atoms with Crippen molar-refractivity contribution in [2.24, 2.45) is 0 Å². The number of nitrogens with zero attached hydrogens (tertiary/aromatic N) is 2. The summed E-state index contributed by atoms with van der Waals surface area (Å²) in [5, 5.41) is 4.92. The number of anilines is 3. The lowest BCUT2D eigenvalue weighted by Crippen LogP contribution is -2.14. The highest BCUT2D eigenvalue weighted by atomic mass is 19.4. The molecule has 0 unspecified atom stereocenters. The number of hydrogen-bond donors (Lipinski definition) is 2. The molecule has 24 heavy (non-hydrogen) atoms. The first kappa shape index (κ1) is 17.7. The molecule has 0 fully saturated rings. The molecule has 0 atom stereocenters. The largest absolute Gasteiger partial charge is 0.492 e. The van der Waals surface area contributed by atoms with E-state index in [1.54, 1.807) is 6.92 Å². The molecule has 0 saturated heterocycles. The van der Waals surface area contributed by atoms with Gasteiger partial charge in [-0.2, -0.15) is 18.2 Å². The number of alkyl halides is 3. The van der Waals surface area contributed by atoms with Crippen molar-refractivity contribution < 1.29 is 26.7 Å². The maximum Gasteiger partial charge on any atom is 0.421 e. The zero-order valence-corrected chi connectivity index (χ0v) is 12.6. The minimum absolute atomic E-state index is 0.155. The third kappa shape index (κ3) is 3.81. The molecule has 2 N–H and O–H groups in total. The number of halogens is 5. The summed E-state index contributed by atoms with van der Waals surface area (Å²) in [4.78, 5) is 7.24. The zero-order valence-electron chi connectivity index (χ0n) is 12.6. The molecular formula is C14H13F5N4O. The van der Waals surface area contributed by atoms with Crippen molar-refractivity contribution in [2.75, 3.05) is 24.3 Å². The van der Waals surface area contributed by atoms with E-state index in [4.69, 9.17) is 4.74 Å². The maximum absolute atomic E-state index is 13.6. The van der Waals surface area contributed by atoms with Gasteiger partial charge in [0.05, 0.1) is 12.8 Å². The lowest BCUT2D eigenvalue weighted by Gasteiger charge is -2.15. The fourth-order valence-corrected chi connectivity index (χ4v) is 1.93. The van der Waals surface area contributed by atoms with Gasteiger partial charge >= 0.3 is 6.18 Å². The Bertz CT molecular complexity index is 736. The monoisotopic (exact) mass is 348 g/mol. The predicted molar refractivity (Wildman–Crippen MR) is 77.4 cm³/mol. The first-order chi connectivity index (χ1) is 11.3. The van der Waals surface area contributed by atoms with E-state index in [-0.39, 0.29) is 23.9 Å². The van der Waals surface area contributed by atoms with Crippen molar-refractivity contribution >= 4 is 17.5 Å². The molecule has 1 heterocycles. The van der Waals surface area contributed by atoms with Gasteiger partial charge in [-0.1, -0.05) is 0 Å². The van der Waals surface area contributed by atoms with Crippen LogP contribution in [0.15, 0.2) is 18.3 Å². The Labute approximate surface area is 133 Å². The van der Waals surface area contributed by atoms with Crippen LogP contribution < -0.4 is 15.4 Å². The second-order valence-electron chi connectivity index (χ2n) is 4.58. The molecule has 2 aromatic rings. The van der Waals surface area contributed by atoms with Gasteiger partial charge < -0.3 is 15.4 Å². The smallest absolute Gasteiger partial charge is 0.421 e. The molecular weight excluding hydrogens is 335 g/mol. The van der Waals surface area contributed by atoms with Crippen molar-refractivity contribution in [1.82, 2.24) is 9.97 Å². The van der Waals surface area contributed by atoms with E-state index in [0.29, 0.717) is 12.3 Å². The summed E-state index contributed by atoms with van der Waals surface area (Å²) >= 11 is 0. The molecule has 0 spiro atoms. The summed E-state index contributed by atoms with van der Waals surface area (Å²) in [6, 6.07) is 1.53. The van der Waals surface area contributed by atoms with E-state index in [0.717, 1.165) is 6.07 Å². The molecule has 10 heteroatoms. The Hall–Kier alpha value is -2.65. The molecule has 130 valence electrons. The highest BCUT2D eigenvalue weighted by Crippen LogP contribution is 2.35. The van der Waals surface area contributed by atoms with Crippen molar-refractivity contribution in [3.05, 3.63) is 35.5 Å². The quantitative estimate of drug-likeness (QED) is 0.801. The molecule has 0 radical (unpaired) electrons. The van der Waals surface area contributed by atoms with Crippen molar-refractivity contribution in [3.63, 3.8) is 0 Å². The molecule has 1 aromatic carbocycles. The van der Waals surface area contributed by atoms with Gasteiger partial charge in [-0.25, -0.2) is 13.8 Å². The first-order valence-corrected chi connectivity index (χ1v) is 6.74. The average Bonchev–Trinajstić information content (AvgIpc) is 2.46. The van der Waals surface area contributed by atoms with E-state index in [1.165, 1.54) is 7.11 Å². The summed E-state index contributed by atoms with van der Waals surface area (Å²) in [5.74, 6) is -2.90. The minimum Gasteiger partial charge on any atom is -0.492 e. The molecule has 2 rings (SSSR count). The van der Waals surface area contributed by atoms with Gasteiger partial charge in [0.2, 0.25) is 5.95 Å². The Morgan fingerprint density at radius 3 is 2.50 bits per heavy atom. The van der Waals surface area contributed by atoms with Crippen LogP contribution in [0.1, 0.15) is 12.5 Å². The summed E-state index contributed by atoms with van der Waals surface area (Å²) < 4.78 is 70.4.